The second-order valence-corrected chi connectivity index (χ2v) is 6.45. The minimum Gasteiger partial charge on any atom is -0.480 e. The lowest BCUT2D eigenvalue weighted by Crippen LogP contribution is -2.39. The van der Waals surface area contributed by atoms with Gasteiger partial charge in [-0.3, -0.25) is 9.59 Å². The van der Waals surface area contributed by atoms with E-state index >= 15 is 0 Å². The highest BCUT2D eigenvalue weighted by Gasteiger charge is 2.38. The summed E-state index contributed by atoms with van der Waals surface area (Å²) >= 11 is 0. The van der Waals surface area contributed by atoms with Crippen LogP contribution in [0.4, 0.5) is 13.2 Å². The van der Waals surface area contributed by atoms with Crippen molar-refractivity contribution in [1.82, 2.24) is 14.5 Å². The van der Waals surface area contributed by atoms with Gasteiger partial charge in [0.1, 0.15) is 13.1 Å². The average Bonchev–Trinajstić information content (AvgIpc) is 3.04. The second kappa shape index (κ2) is 8.34. The van der Waals surface area contributed by atoms with Gasteiger partial charge in [-0.1, -0.05) is 42.5 Å². The van der Waals surface area contributed by atoms with Crippen LogP contribution in [0.1, 0.15) is 11.4 Å². The summed E-state index contributed by atoms with van der Waals surface area (Å²) in [6.45, 7) is -1.18. The number of benzene rings is 2. The first kappa shape index (κ1) is 20.4. The van der Waals surface area contributed by atoms with Gasteiger partial charge in [-0.2, -0.15) is 13.2 Å². The highest BCUT2D eigenvalue weighted by Crippen LogP contribution is 2.31. The quantitative estimate of drug-likeness (QED) is 0.655. The SMILES string of the molecule is O=C(O)CN(CCc1ccccc1)C(=O)Cn1c(C(F)(F)F)nc2ccccc21. The summed E-state index contributed by atoms with van der Waals surface area (Å²) in [5.41, 5.74) is 1.16. The molecule has 3 aromatic rings. The van der Waals surface area contributed by atoms with Gasteiger partial charge in [0, 0.05) is 6.54 Å². The largest absolute Gasteiger partial charge is 0.480 e. The molecule has 9 heteroatoms. The molecular weight excluding hydrogens is 387 g/mol. The van der Waals surface area contributed by atoms with Crippen molar-refractivity contribution in [3.05, 3.63) is 66.0 Å². The number of carbonyl (C=O) groups excluding carboxylic acids is 1. The number of nitrogens with zero attached hydrogens (tertiary/aromatic N) is 3. The normalized spacial score (nSPS) is 11.6. The van der Waals surface area contributed by atoms with Crippen molar-refractivity contribution in [1.29, 1.82) is 0 Å². The molecule has 3 rings (SSSR count). The Bertz CT molecular complexity index is 1020. The molecule has 1 aromatic heterocycles. The van der Waals surface area contributed by atoms with E-state index in [1.165, 1.54) is 12.1 Å². The van der Waals surface area contributed by atoms with Gasteiger partial charge >= 0.3 is 12.1 Å². The van der Waals surface area contributed by atoms with Crippen LogP contribution in [0.2, 0.25) is 0 Å². The van der Waals surface area contributed by atoms with Crippen LogP contribution in [0.25, 0.3) is 11.0 Å². The fourth-order valence-electron chi connectivity index (χ4n) is 3.05. The maximum Gasteiger partial charge on any atom is 0.449 e. The van der Waals surface area contributed by atoms with E-state index in [2.05, 4.69) is 4.98 Å². The van der Waals surface area contributed by atoms with Crippen LogP contribution in [-0.4, -0.2) is 44.5 Å². The Morgan fingerprint density at radius 1 is 1.03 bits per heavy atom. The molecule has 0 radical (unpaired) electrons. The van der Waals surface area contributed by atoms with Crippen LogP contribution < -0.4 is 0 Å². The number of carbonyl (C=O) groups is 2. The molecule has 0 bridgehead atoms. The third-order valence-corrected chi connectivity index (χ3v) is 4.39. The molecule has 0 aliphatic rings. The van der Waals surface area contributed by atoms with E-state index in [4.69, 9.17) is 5.11 Å². The van der Waals surface area contributed by atoms with Crippen LogP contribution in [0.3, 0.4) is 0 Å². The molecule has 1 amide bonds. The van der Waals surface area contributed by atoms with Crippen LogP contribution in [0.15, 0.2) is 54.6 Å². The molecule has 1 N–H and O–H groups in total. The zero-order valence-electron chi connectivity index (χ0n) is 15.3. The first-order valence-corrected chi connectivity index (χ1v) is 8.81. The predicted molar refractivity (Wildman–Crippen MR) is 99.1 cm³/mol. The van der Waals surface area contributed by atoms with Crippen molar-refractivity contribution < 1.29 is 27.9 Å². The number of carboxylic acids is 1. The van der Waals surface area contributed by atoms with E-state index in [1.807, 2.05) is 30.3 Å². The molecule has 0 aliphatic carbocycles. The molecular formula is C20H18F3N3O3. The number of aliphatic carboxylic acids is 1. The molecule has 0 saturated carbocycles. The number of rotatable bonds is 7. The number of halogens is 3. The molecule has 152 valence electrons. The minimum absolute atomic E-state index is 0.0725. The standard InChI is InChI=1S/C20H18F3N3O3/c21-20(22,23)19-24-15-8-4-5-9-16(15)26(19)12-17(27)25(13-18(28)29)11-10-14-6-2-1-3-7-14/h1-9H,10-13H2,(H,28,29). The van der Waals surface area contributed by atoms with Crippen LogP contribution in [-0.2, 0) is 28.7 Å². The average molecular weight is 405 g/mol. The van der Waals surface area contributed by atoms with Gasteiger partial charge < -0.3 is 14.6 Å². The van der Waals surface area contributed by atoms with Gasteiger partial charge in [-0.05, 0) is 24.1 Å². The van der Waals surface area contributed by atoms with Crippen LogP contribution in [0, 0.1) is 0 Å². The number of imidazole rings is 1. The van der Waals surface area contributed by atoms with Gasteiger partial charge in [0.05, 0.1) is 11.0 Å². The first-order chi connectivity index (χ1) is 13.8. The smallest absolute Gasteiger partial charge is 0.449 e. The summed E-state index contributed by atoms with van der Waals surface area (Å²) in [6.07, 6.45) is -4.36. The number of para-hydroxylation sites is 2. The lowest BCUT2D eigenvalue weighted by molar-refractivity contribution is -0.149. The van der Waals surface area contributed by atoms with E-state index < -0.39 is 37.0 Å². The summed E-state index contributed by atoms with van der Waals surface area (Å²) in [5, 5.41) is 9.12. The predicted octanol–water partition coefficient (Wildman–Crippen LogP) is 3.21. The Labute approximate surface area is 164 Å². The molecule has 0 fully saturated rings. The maximum atomic E-state index is 13.4. The van der Waals surface area contributed by atoms with Gasteiger partial charge in [0.15, 0.2) is 0 Å². The second-order valence-electron chi connectivity index (χ2n) is 6.45. The van der Waals surface area contributed by atoms with Gasteiger partial charge in [-0.15, -0.1) is 0 Å². The number of hydrogen-bond donors (Lipinski definition) is 1. The molecule has 6 nitrogen and oxygen atoms in total. The van der Waals surface area contributed by atoms with Crippen molar-refractivity contribution in [3.63, 3.8) is 0 Å². The van der Waals surface area contributed by atoms with Crippen molar-refractivity contribution in [2.75, 3.05) is 13.1 Å². The molecule has 0 aliphatic heterocycles. The number of aromatic nitrogens is 2. The molecule has 0 unspecified atom stereocenters. The third kappa shape index (κ3) is 4.92. The van der Waals surface area contributed by atoms with Crippen molar-refractivity contribution in [3.8, 4) is 0 Å². The van der Waals surface area contributed by atoms with Gasteiger partial charge in [0.25, 0.3) is 0 Å². The molecule has 0 saturated heterocycles. The fourth-order valence-corrected chi connectivity index (χ4v) is 3.05. The molecule has 2 aromatic carbocycles. The number of carboxylic acid groups (broad SMARTS) is 1. The van der Waals surface area contributed by atoms with Crippen LogP contribution in [0.5, 0.6) is 0 Å². The summed E-state index contributed by atoms with van der Waals surface area (Å²) in [5.74, 6) is -3.15. The van der Waals surface area contributed by atoms with E-state index in [0.29, 0.717) is 6.42 Å². The fraction of sp³-hybridized carbons (Fsp3) is 0.250. The van der Waals surface area contributed by atoms with Crippen molar-refractivity contribution in [2.24, 2.45) is 0 Å². The third-order valence-electron chi connectivity index (χ3n) is 4.39. The Hall–Kier alpha value is -3.36. The Balaban J connectivity index is 1.86. The summed E-state index contributed by atoms with van der Waals surface area (Å²) in [7, 11) is 0. The van der Waals surface area contributed by atoms with E-state index in [9.17, 15) is 22.8 Å². The Morgan fingerprint density at radius 3 is 2.34 bits per heavy atom. The minimum atomic E-state index is -4.75. The highest BCUT2D eigenvalue weighted by atomic mass is 19.4. The van der Waals surface area contributed by atoms with Crippen molar-refractivity contribution in [2.45, 2.75) is 19.1 Å². The molecule has 29 heavy (non-hydrogen) atoms. The van der Waals surface area contributed by atoms with Crippen LogP contribution >= 0.6 is 0 Å². The summed E-state index contributed by atoms with van der Waals surface area (Å²) in [6, 6.07) is 15.1. The Kier molecular flexibility index (Phi) is 5.86. The zero-order chi connectivity index (χ0) is 21.0. The van der Waals surface area contributed by atoms with Crippen molar-refractivity contribution >= 4 is 22.9 Å². The van der Waals surface area contributed by atoms with Gasteiger partial charge in [-0.25, -0.2) is 4.98 Å². The lowest BCUT2D eigenvalue weighted by Gasteiger charge is -2.22. The summed E-state index contributed by atoms with van der Waals surface area (Å²) in [4.78, 5) is 28.6. The highest BCUT2D eigenvalue weighted by molar-refractivity contribution is 5.83. The lowest BCUT2D eigenvalue weighted by atomic mass is 10.1. The molecule has 0 spiro atoms. The van der Waals surface area contributed by atoms with E-state index in [-0.39, 0.29) is 17.6 Å². The number of alkyl halides is 3. The molecule has 0 atom stereocenters. The van der Waals surface area contributed by atoms with E-state index in [1.54, 1.807) is 12.1 Å². The van der Waals surface area contributed by atoms with Gasteiger partial charge in [0.2, 0.25) is 11.7 Å². The number of hydrogen-bond acceptors (Lipinski definition) is 3. The number of fused-ring (bicyclic) bond motifs is 1. The maximum absolute atomic E-state index is 13.4. The topological polar surface area (TPSA) is 75.4 Å². The molecule has 1 heterocycles. The number of amides is 1. The monoisotopic (exact) mass is 405 g/mol. The van der Waals surface area contributed by atoms with E-state index in [0.717, 1.165) is 15.0 Å². The zero-order valence-corrected chi connectivity index (χ0v) is 15.3. The summed E-state index contributed by atoms with van der Waals surface area (Å²) < 4.78 is 41.0. The Morgan fingerprint density at radius 2 is 1.69 bits per heavy atom. The first-order valence-electron chi connectivity index (χ1n) is 8.81.